The monoisotopic (exact) mass is 469 g/mol. The molecule has 2 amide bonds. The predicted molar refractivity (Wildman–Crippen MR) is 120 cm³/mol. The molecule has 0 radical (unpaired) electrons. The van der Waals surface area contributed by atoms with Crippen LogP contribution in [0.5, 0.6) is 0 Å². The first kappa shape index (κ1) is 23.5. The summed E-state index contributed by atoms with van der Waals surface area (Å²) in [6.07, 6.45) is 1.37. The Bertz CT molecular complexity index is 1100. The molecule has 2 aliphatic rings. The molecule has 34 heavy (non-hydrogen) atoms. The van der Waals surface area contributed by atoms with Crippen molar-refractivity contribution in [1.29, 1.82) is 0 Å². The Morgan fingerprint density at radius 3 is 2.74 bits per heavy atom. The number of nitrogens with zero attached hydrogens (tertiary/aromatic N) is 2. The van der Waals surface area contributed by atoms with Gasteiger partial charge in [0.25, 0.3) is 0 Å². The highest BCUT2D eigenvalue weighted by Gasteiger charge is 2.36. The minimum atomic E-state index is -0.819. The summed E-state index contributed by atoms with van der Waals surface area (Å²) in [5, 5.41) is 6.16. The van der Waals surface area contributed by atoms with Crippen LogP contribution in [0.3, 0.4) is 0 Å². The maximum atomic E-state index is 13.1. The van der Waals surface area contributed by atoms with Gasteiger partial charge in [-0.15, -0.1) is 0 Å². The summed E-state index contributed by atoms with van der Waals surface area (Å²) in [4.78, 5) is 51.6. The van der Waals surface area contributed by atoms with Gasteiger partial charge in [0, 0.05) is 17.3 Å². The number of fused-ring (bicyclic) bond motifs is 1. The van der Waals surface area contributed by atoms with Gasteiger partial charge in [0.15, 0.2) is 5.78 Å². The normalized spacial score (nSPS) is 20.4. The molecule has 2 aromatic rings. The number of hydrogen-bond donors (Lipinski definition) is 1. The molecule has 1 aromatic carbocycles. The van der Waals surface area contributed by atoms with E-state index in [-0.39, 0.29) is 30.4 Å². The Labute approximate surface area is 196 Å². The number of rotatable bonds is 5. The Balaban J connectivity index is 1.44. The molecule has 0 spiro atoms. The molecule has 2 atom stereocenters. The number of aromatic nitrogens is 1. The van der Waals surface area contributed by atoms with Crippen molar-refractivity contribution in [2.75, 3.05) is 18.0 Å². The van der Waals surface area contributed by atoms with Gasteiger partial charge in [0.05, 0.1) is 25.2 Å². The first-order valence-electron chi connectivity index (χ1n) is 11.2. The summed E-state index contributed by atoms with van der Waals surface area (Å²) < 4.78 is 15.5. The van der Waals surface area contributed by atoms with E-state index in [0.717, 1.165) is 5.56 Å². The highest BCUT2D eigenvalue weighted by Crippen LogP contribution is 2.31. The van der Waals surface area contributed by atoms with E-state index >= 15 is 0 Å². The number of cyclic esters (lactones) is 1. The van der Waals surface area contributed by atoms with Gasteiger partial charge in [0.2, 0.25) is 11.5 Å². The number of ether oxygens (including phenoxy) is 2. The second-order valence-corrected chi connectivity index (χ2v) is 9.39. The summed E-state index contributed by atoms with van der Waals surface area (Å²) in [5.74, 6) is -1.38. The van der Waals surface area contributed by atoms with Gasteiger partial charge in [-0.2, -0.15) is 0 Å². The summed E-state index contributed by atoms with van der Waals surface area (Å²) in [7, 11) is 0. The van der Waals surface area contributed by atoms with Crippen LogP contribution >= 0.6 is 0 Å². The third-order valence-electron chi connectivity index (χ3n) is 5.67. The van der Waals surface area contributed by atoms with E-state index in [0.29, 0.717) is 30.5 Å². The van der Waals surface area contributed by atoms with Crippen molar-refractivity contribution < 1.29 is 33.2 Å². The quantitative estimate of drug-likeness (QED) is 0.400. The molecular formula is C24H27N3O7. The van der Waals surface area contributed by atoms with Crippen LogP contribution in [0.4, 0.5) is 15.3 Å². The number of ketones is 2. The summed E-state index contributed by atoms with van der Waals surface area (Å²) in [6, 6.07) is 6.57. The van der Waals surface area contributed by atoms with Crippen molar-refractivity contribution >= 4 is 29.4 Å². The van der Waals surface area contributed by atoms with Crippen LogP contribution in [0, 0.1) is 5.92 Å². The Morgan fingerprint density at radius 1 is 1.24 bits per heavy atom. The molecular weight excluding hydrogens is 442 g/mol. The average Bonchev–Trinajstić information content (AvgIpc) is 3.40. The highest BCUT2D eigenvalue weighted by molar-refractivity contribution is 6.16. The van der Waals surface area contributed by atoms with Crippen LogP contribution < -0.4 is 10.2 Å². The van der Waals surface area contributed by atoms with E-state index in [2.05, 4.69) is 10.5 Å². The number of hydrogen-bond acceptors (Lipinski definition) is 8. The number of alkyl carbamates (subject to hydrolysis) is 1. The third kappa shape index (κ3) is 5.11. The van der Waals surface area contributed by atoms with E-state index in [4.69, 9.17) is 14.0 Å². The van der Waals surface area contributed by atoms with Gasteiger partial charge in [-0.05, 0) is 63.8 Å². The SMILES string of the molecule is CC(C)(C)OC(=O)NC[C@H]1CN(c2ccc3c(c2)CCC[C@@H](C(=O)c2ccno2)C3=O)C(=O)O1. The lowest BCUT2D eigenvalue weighted by molar-refractivity contribution is 0.0496. The molecule has 10 heteroatoms. The van der Waals surface area contributed by atoms with E-state index in [1.165, 1.54) is 17.2 Å². The number of anilines is 1. The molecule has 0 unspecified atom stereocenters. The smallest absolute Gasteiger partial charge is 0.414 e. The summed E-state index contributed by atoms with van der Waals surface area (Å²) in [6.45, 7) is 5.65. The number of Topliss-reactive ketones (excluding diaryl/α,β-unsaturated/α-hetero) is 2. The maximum Gasteiger partial charge on any atom is 0.414 e. The fourth-order valence-corrected chi connectivity index (χ4v) is 4.13. The topological polar surface area (TPSA) is 128 Å². The zero-order chi connectivity index (χ0) is 24.5. The average molecular weight is 469 g/mol. The zero-order valence-corrected chi connectivity index (χ0v) is 19.3. The Kier molecular flexibility index (Phi) is 6.41. The molecule has 2 heterocycles. The second kappa shape index (κ2) is 9.28. The van der Waals surface area contributed by atoms with Gasteiger partial charge in [-0.25, -0.2) is 9.59 Å². The summed E-state index contributed by atoms with van der Waals surface area (Å²) in [5.41, 5.74) is 1.21. The van der Waals surface area contributed by atoms with Crippen LogP contribution in [-0.2, 0) is 15.9 Å². The van der Waals surface area contributed by atoms with Crippen molar-refractivity contribution in [2.45, 2.75) is 51.7 Å². The van der Waals surface area contributed by atoms with Crippen LogP contribution in [0.1, 0.15) is 60.1 Å². The van der Waals surface area contributed by atoms with Gasteiger partial charge in [-0.1, -0.05) is 5.16 Å². The molecule has 1 fully saturated rings. The molecule has 0 saturated carbocycles. The lowest BCUT2D eigenvalue weighted by atomic mass is 9.90. The van der Waals surface area contributed by atoms with Crippen molar-refractivity contribution in [3.8, 4) is 0 Å². The molecule has 4 rings (SSSR count). The van der Waals surface area contributed by atoms with Crippen LogP contribution in [-0.4, -0.2) is 53.7 Å². The fourth-order valence-electron chi connectivity index (χ4n) is 4.13. The van der Waals surface area contributed by atoms with E-state index < -0.39 is 29.8 Å². The number of nitrogens with one attached hydrogen (secondary N) is 1. The number of aryl methyl sites for hydroxylation is 1. The molecule has 1 saturated heterocycles. The molecule has 10 nitrogen and oxygen atoms in total. The van der Waals surface area contributed by atoms with Crippen molar-refractivity contribution in [1.82, 2.24) is 10.5 Å². The number of benzene rings is 1. The first-order valence-corrected chi connectivity index (χ1v) is 11.2. The Hall–Kier alpha value is -3.69. The minimum Gasteiger partial charge on any atom is -0.444 e. The number of amides is 2. The second-order valence-electron chi connectivity index (χ2n) is 9.39. The minimum absolute atomic E-state index is 0.0734. The van der Waals surface area contributed by atoms with Crippen LogP contribution in [0.15, 0.2) is 35.0 Å². The van der Waals surface area contributed by atoms with E-state index in [9.17, 15) is 19.2 Å². The van der Waals surface area contributed by atoms with E-state index in [1.807, 2.05) is 0 Å². The number of carbonyl (C=O) groups is 4. The van der Waals surface area contributed by atoms with E-state index in [1.54, 1.807) is 39.0 Å². The van der Waals surface area contributed by atoms with Crippen LogP contribution in [0.2, 0.25) is 0 Å². The lowest BCUT2D eigenvalue weighted by Crippen LogP contribution is -2.38. The Morgan fingerprint density at radius 2 is 2.03 bits per heavy atom. The van der Waals surface area contributed by atoms with Gasteiger partial charge in [-0.3, -0.25) is 14.5 Å². The van der Waals surface area contributed by atoms with Gasteiger partial charge in [0.1, 0.15) is 11.7 Å². The van der Waals surface area contributed by atoms with Gasteiger partial charge >= 0.3 is 12.2 Å². The molecule has 1 N–H and O–H groups in total. The highest BCUT2D eigenvalue weighted by atomic mass is 16.6. The molecule has 1 aliphatic heterocycles. The van der Waals surface area contributed by atoms with Gasteiger partial charge < -0.3 is 19.3 Å². The molecule has 1 aromatic heterocycles. The molecule has 180 valence electrons. The standard InChI is InChI=1S/C24H27N3O7/c1-24(2,3)33-22(30)25-12-16-13-27(23(31)32-16)15-7-8-17-14(11-15)5-4-6-18(20(17)28)21(29)19-9-10-26-34-19/h7-11,16,18H,4-6,12-13H2,1-3H3,(H,25,30)/t16-,18+/m0/s1. The largest absolute Gasteiger partial charge is 0.444 e. The first-order chi connectivity index (χ1) is 16.1. The third-order valence-corrected chi connectivity index (χ3v) is 5.67. The molecule has 1 aliphatic carbocycles. The summed E-state index contributed by atoms with van der Waals surface area (Å²) >= 11 is 0. The fraction of sp³-hybridized carbons (Fsp3) is 0.458. The number of carbonyl (C=O) groups excluding carboxylic acids is 4. The van der Waals surface area contributed by atoms with Crippen LogP contribution in [0.25, 0.3) is 0 Å². The zero-order valence-electron chi connectivity index (χ0n) is 19.3. The van der Waals surface area contributed by atoms with Crippen molar-refractivity contribution in [2.24, 2.45) is 5.92 Å². The van der Waals surface area contributed by atoms with Crippen molar-refractivity contribution in [3.63, 3.8) is 0 Å². The predicted octanol–water partition coefficient (Wildman–Crippen LogP) is 3.54. The van der Waals surface area contributed by atoms with Crippen molar-refractivity contribution in [3.05, 3.63) is 47.3 Å². The molecule has 0 bridgehead atoms. The lowest BCUT2D eigenvalue weighted by Gasteiger charge is -2.20. The maximum absolute atomic E-state index is 13.1.